The smallest absolute Gasteiger partial charge is 0.160 e. The first-order chi connectivity index (χ1) is 11.3. The Hall–Kier alpha value is -1.10. The van der Waals surface area contributed by atoms with Crippen LogP contribution in [0.4, 0.5) is 0 Å². The van der Waals surface area contributed by atoms with E-state index in [9.17, 15) is 0 Å². The van der Waals surface area contributed by atoms with Crippen LogP contribution in [0.1, 0.15) is 45.1 Å². The highest BCUT2D eigenvalue weighted by molar-refractivity contribution is 5.28. The van der Waals surface area contributed by atoms with Gasteiger partial charge in [-0.1, -0.05) is 18.6 Å². The molecule has 0 atom stereocenters. The summed E-state index contributed by atoms with van der Waals surface area (Å²) in [5, 5.41) is 0. The van der Waals surface area contributed by atoms with Crippen LogP contribution in [0.2, 0.25) is 0 Å². The molecule has 1 aromatic rings. The van der Waals surface area contributed by atoms with Gasteiger partial charge in [0.2, 0.25) is 0 Å². The van der Waals surface area contributed by atoms with Gasteiger partial charge in [0.1, 0.15) is 5.75 Å². The van der Waals surface area contributed by atoms with Crippen LogP contribution in [0, 0.1) is 0 Å². The topological polar surface area (TPSA) is 30.9 Å². The van der Waals surface area contributed by atoms with Crippen molar-refractivity contribution in [1.29, 1.82) is 0 Å². The van der Waals surface area contributed by atoms with Crippen molar-refractivity contribution in [3.63, 3.8) is 0 Å². The summed E-state index contributed by atoms with van der Waals surface area (Å²) < 4.78 is 17.0. The predicted octanol–water partition coefficient (Wildman–Crippen LogP) is 3.84. The van der Waals surface area contributed by atoms with Crippen molar-refractivity contribution >= 4 is 0 Å². The molecule has 1 aromatic carbocycles. The van der Waals surface area contributed by atoms with Gasteiger partial charge in [-0.2, -0.15) is 0 Å². The predicted molar refractivity (Wildman–Crippen MR) is 92.7 cm³/mol. The van der Waals surface area contributed by atoms with Gasteiger partial charge >= 0.3 is 0 Å². The van der Waals surface area contributed by atoms with Gasteiger partial charge in [-0.15, -0.1) is 0 Å². The van der Waals surface area contributed by atoms with Crippen LogP contribution in [-0.4, -0.2) is 44.1 Å². The summed E-state index contributed by atoms with van der Waals surface area (Å²) in [5.41, 5.74) is 1.33. The van der Waals surface area contributed by atoms with Crippen molar-refractivity contribution < 1.29 is 14.2 Å². The monoisotopic (exact) mass is 321 g/mol. The highest BCUT2D eigenvalue weighted by Gasteiger charge is 2.11. The fraction of sp³-hybridized carbons (Fsp3) is 0.684. The average Bonchev–Trinajstić information content (AvgIpc) is 2.57. The van der Waals surface area contributed by atoms with E-state index in [2.05, 4.69) is 23.1 Å². The third-order valence-corrected chi connectivity index (χ3v) is 4.08. The summed E-state index contributed by atoms with van der Waals surface area (Å²) in [6.45, 7) is 9.36. The minimum absolute atomic E-state index is 0.165. The summed E-state index contributed by atoms with van der Waals surface area (Å²) >= 11 is 0. The number of likely N-dealkylation sites (tertiary alicyclic amines) is 1. The summed E-state index contributed by atoms with van der Waals surface area (Å²) in [4.78, 5) is 2.53. The molecule has 2 rings (SSSR count). The SMILES string of the molecule is CCOC(CCOc1cccc(CN2CCCCC2)c1)OCC. The number of piperidine rings is 1. The van der Waals surface area contributed by atoms with E-state index in [0.717, 1.165) is 18.7 Å². The van der Waals surface area contributed by atoms with E-state index < -0.39 is 0 Å². The normalized spacial score (nSPS) is 16.0. The molecule has 0 spiro atoms. The Balaban J connectivity index is 1.77. The molecule has 1 saturated heterocycles. The van der Waals surface area contributed by atoms with E-state index >= 15 is 0 Å². The molecule has 0 amide bonds. The number of ether oxygens (including phenoxy) is 3. The van der Waals surface area contributed by atoms with Gasteiger partial charge in [0.05, 0.1) is 6.61 Å². The average molecular weight is 321 g/mol. The zero-order chi connectivity index (χ0) is 16.3. The molecule has 0 bridgehead atoms. The number of hydrogen-bond donors (Lipinski definition) is 0. The van der Waals surface area contributed by atoms with Crippen molar-refractivity contribution in [2.45, 2.75) is 52.4 Å². The third kappa shape index (κ3) is 6.90. The Labute approximate surface area is 140 Å². The van der Waals surface area contributed by atoms with Crippen LogP contribution in [0.15, 0.2) is 24.3 Å². The molecule has 0 saturated carbocycles. The zero-order valence-corrected chi connectivity index (χ0v) is 14.6. The van der Waals surface area contributed by atoms with Crippen molar-refractivity contribution in [1.82, 2.24) is 4.90 Å². The molecular formula is C19H31NO3. The molecule has 0 aromatic heterocycles. The van der Waals surface area contributed by atoms with E-state index in [4.69, 9.17) is 14.2 Å². The molecule has 0 N–H and O–H groups in total. The van der Waals surface area contributed by atoms with E-state index in [1.807, 2.05) is 19.9 Å². The highest BCUT2D eigenvalue weighted by atomic mass is 16.7. The van der Waals surface area contributed by atoms with Gasteiger partial charge in [0, 0.05) is 26.2 Å². The Kier molecular flexibility index (Phi) is 8.43. The molecule has 23 heavy (non-hydrogen) atoms. The maximum Gasteiger partial charge on any atom is 0.160 e. The van der Waals surface area contributed by atoms with Gasteiger partial charge in [0.15, 0.2) is 6.29 Å². The van der Waals surface area contributed by atoms with Crippen LogP contribution in [0.25, 0.3) is 0 Å². The van der Waals surface area contributed by atoms with E-state index in [1.165, 1.54) is 37.9 Å². The standard InChI is InChI=1S/C19H31NO3/c1-3-21-19(22-4-2)11-14-23-18-10-8-9-17(15-18)16-20-12-6-5-7-13-20/h8-10,15,19H,3-7,11-14,16H2,1-2H3. The second-order valence-electron chi connectivity index (χ2n) is 5.96. The lowest BCUT2D eigenvalue weighted by Gasteiger charge is -2.26. The molecule has 130 valence electrons. The lowest BCUT2D eigenvalue weighted by molar-refractivity contribution is -0.142. The van der Waals surface area contributed by atoms with Gasteiger partial charge in [-0.05, 0) is 57.5 Å². The second-order valence-corrected chi connectivity index (χ2v) is 5.96. The van der Waals surface area contributed by atoms with Crippen LogP contribution in [0.3, 0.4) is 0 Å². The lowest BCUT2D eigenvalue weighted by Crippen LogP contribution is -2.29. The molecule has 0 radical (unpaired) electrons. The zero-order valence-electron chi connectivity index (χ0n) is 14.6. The van der Waals surface area contributed by atoms with Gasteiger partial charge in [0.25, 0.3) is 0 Å². The maximum absolute atomic E-state index is 5.88. The van der Waals surface area contributed by atoms with Crippen LogP contribution >= 0.6 is 0 Å². The van der Waals surface area contributed by atoms with E-state index in [0.29, 0.717) is 19.8 Å². The first kappa shape index (κ1) is 18.2. The number of rotatable bonds is 10. The van der Waals surface area contributed by atoms with Crippen molar-refractivity contribution in [3.8, 4) is 5.75 Å². The summed E-state index contributed by atoms with van der Waals surface area (Å²) in [5.74, 6) is 0.936. The summed E-state index contributed by atoms with van der Waals surface area (Å²) in [6, 6.07) is 8.45. The Morgan fingerprint density at radius 3 is 2.48 bits per heavy atom. The van der Waals surface area contributed by atoms with Crippen molar-refractivity contribution in [3.05, 3.63) is 29.8 Å². The van der Waals surface area contributed by atoms with E-state index in [-0.39, 0.29) is 6.29 Å². The Bertz CT molecular complexity index is 426. The lowest BCUT2D eigenvalue weighted by atomic mass is 10.1. The minimum atomic E-state index is -0.165. The van der Waals surface area contributed by atoms with Crippen molar-refractivity contribution in [2.75, 3.05) is 32.9 Å². The highest BCUT2D eigenvalue weighted by Crippen LogP contribution is 2.18. The van der Waals surface area contributed by atoms with Crippen molar-refractivity contribution in [2.24, 2.45) is 0 Å². The molecule has 4 heteroatoms. The Morgan fingerprint density at radius 1 is 1.04 bits per heavy atom. The van der Waals surface area contributed by atoms with Crippen LogP contribution < -0.4 is 4.74 Å². The molecule has 0 unspecified atom stereocenters. The van der Waals surface area contributed by atoms with Crippen LogP contribution in [0.5, 0.6) is 5.75 Å². The third-order valence-electron chi connectivity index (χ3n) is 4.08. The molecular weight excluding hydrogens is 290 g/mol. The molecule has 4 nitrogen and oxygen atoms in total. The number of benzene rings is 1. The van der Waals surface area contributed by atoms with Gasteiger partial charge in [-0.3, -0.25) is 4.90 Å². The first-order valence-electron chi connectivity index (χ1n) is 8.99. The largest absolute Gasteiger partial charge is 0.493 e. The molecule has 1 aliphatic heterocycles. The number of hydrogen-bond acceptors (Lipinski definition) is 4. The summed E-state index contributed by atoms with van der Waals surface area (Å²) in [7, 11) is 0. The minimum Gasteiger partial charge on any atom is -0.493 e. The van der Waals surface area contributed by atoms with Gasteiger partial charge in [-0.25, -0.2) is 0 Å². The van der Waals surface area contributed by atoms with Gasteiger partial charge < -0.3 is 14.2 Å². The Morgan fingerprint density at radius 2 is 1.78 bits per heavy atom. The maximum atomic E-state index is 5.88. The summed E-state index contributed by atoms with van der Waals surface area (Å²) in [6.07, 6.45) is 4.61. The molecule has 0 aliphatic carbocycles. The molecule has 1 heterocycles. The number of nitrogens with zero attached hydrogens (tertiary/aromatic N) is 1. The first-order valence-corrected chi connectivity index (χ1v) is 8.99. The quantitative estimate of drug-likeness (QED) is 0.613. The van der Waals surface area contributed by atoms with E-state index in [1.54, 1.807) is 0 Å². The fourth-order valence-electron chi connectivity index (χ4n) is 2.97. The van der Waals surface area contributed by atoms with Crippen LogP contribution in [-0.2, 0) is 16.0 Å². The second kappa shape index (κ2) is 10.6. The molecule has 1 fully saturated rings. The molecule has 1 aliphatic rings. The fourth-order valence-corrected chi connectivity index (χ4v) is 2.97.